The average molecular weight is 243 g/mol. The van der Waals surface area contributed by atoms with Gasteiger partial charge in [0, 0.05) is 12.5 Å². The minimum atomic E-state index is 0.150. The summed E-state index contributed by atoms with van der Waals surface area (Å²) < 4.78 is 0. The smallest absolute Gasteiger partial charge is 0.0433 e. The number of nitrogens with one attached hydrogen (secondary N) is 1. The van der Waals surface area contributed by atoms with Crippen molar-refractivity contribution in [2.24, 2.45) is 0 Å². The molecule has 1 rings (SSSR count). The third-order valence-electron chi connectivity index (χ3n) is 3.11. The molecule has 1 nitrogen and oxygen atoms in total. The summed E-state index contributed by atoms with van der Waals surface area (Å²) >= 11 is 0. The van der Waals surface area contributed by atoms with Gasteiger partial charge in [0.2, 0.25) is 0 Å². The lowest BCUT2D eigenvalue weighted by molar-refractivity contribution is 0.514. The van der Waals surface area contributed by atoms with E-state index in [4.69, 9.17) is 6.42 Å². The number of hydrogen-bond acceptors (Lipinski definition) is 1. The van der Waals surface area contributed by atoms with Crippen molar-refractivity contribution < 1.29 is 0 Å². The van der Waals surface area contributed by atoms with E-state index < -0.39 is 0 Å². The van der Waals surface area contributed by atoms with Gasteiger partial charge in [0.05, 0.1) is 0 Å². The van der Waals surface area contributed by atoms with Gasteiger partial charge in [0.25, 0.3) is 0 Å². The van der Waals surface area contributed by atoms with Crippen molar-refractivity contribution in [3.63, 3.8) is 0 Å². The number of rotatable bonds is 5. The standard InChI is InChI=1S/C17H25N/c1-6-10-16(18-13-7-2)14-11-8-9-12-15(14)17(3,4)5/h1,8-9,11-12,16,18H,7,10,13H2,2-5H3. The maximum atomic E-state index is 5.51. The Morgan fingerprint density at radius 2 is 1.94 bits per heavy atom. The van der Waals surface area contributed by atoms with Crippen LogP contribution in [0.15, 0.2) is 24.3 Å². The number of benzene rings is 1. The van der Waals surface area contributed by atoms with Crippen LogP contribution in [0.3, 0.4) is 0 Å². The van der Waals surface area contributed by atoms with Crippen molar-refractivity contribution in [2.45, 2.75) is 52.0 Å². The first kappa shape index (κ1) is 14.8. The summed E-state index contributed by atoms with van der Waals surface area (Å²) in [5, 5.41) is 3.56. The highest BCUT2D eigenvalue weighted by Crippen LogP contribution is 2.30. The first-order chi connectivity index (χ1) is 8.50. The van der Waals surface area contributed by atoms with E-state index in [-0.39, 0.29) is 11.5 Å². The van der Waals surface area contributed by atoms with E-state index in [9.17, 15) is 0 Å². The summed E-state index contributed by atoms with van der Waals surface area (Å²) in [6, 6.07) is 8.89. The molecular formula is C17H25N. The molecule has 1 N–H and O–H groups in total. The third kappa shape index (κ3) is 3.89. The Balaban J connectivity index is 3.08. The van der Waals surface area contributed by atoms with Crippen molar-refractivity contribution in [3.05, 3.63) is 35.4 Å². The average Bonchev–Trinajstić information content (AvgIpc) is 2.33. The second kappa shape index (κ2) is 6.61. The van der Waals surface area contributed by atoms with Crippen molar-refractivity contribution in [2.75, 3.05) is 6.54 Å². The molecule has 0 heterocycles. The van der Waals surface area contributed by atoms with E-state index >= 15 is 0 Å². The van der Waals surface area contributed by atoms with E-state index in [1.54, 1.807) is 0 Å². The Morgan fingerprint density at radius 3 is 2.50 bits per heavy atom. The van der Waals surface area contributed by atoms with Crippen LogP contribution in [0, 0.1) is 12.3 Å². The fourth-order valence-corrected chi connectivity index (χ4v) is 2.21. The van der Waals surface area contributed by atoms with E-state index in [2.05, 4.69) is 63.2 Å². The van der Waals surface area contributed by atoms with Gasteiger partial charge in [-0.15, -0.1) is 12.3 Å². The van der Waals surface area contributed by atoms with E-state index in [0.717, 1.165) is 19.4 Å². The maximum Gasteiger partial charge on any atom is 0.0433 e. The molecule has 0 radical (unpaired) electrons. The Labute approximate surface area is 112 Å². The fourth-order valence-electron chi connectivity index (χ4n) is 2.21. The van der Waals surface area contributed by atoms with Crippen molar-refractivity contribution in [1.29, 1.82) is 0 Å². The van der Waals surface area contributed by atoms with Crippen LogP contribution in [-0.2, 0) is 5.41 Å². The zero-order valence-corrected chi connectivity index (χ0v) is 12.1. The molecular weight excluding hydrogens is 218 g/mol. The molecule has 1 heteroatoms. The Kier molecular flexibility index (Phi) is 5.44. The Hall–Kier alpha value is -1.26. The molecule has 18 heavy (non-hydrogen) atoms. The highest BCUT2D eigenvalue weighted by atomic mass is 14.9. The second-order valence-corrected chi connectivity index (χ2v) is 5.75. The lowest BCUT2D eigenvalue weighted by atomic mass is 9.81. The van der Waals surface area contributed by atoms with Crippen LogP contribution >= 0.6 is 0 Å². The zero-order chi connectivity index (χ0) is 13.6. The Morgan fingerprint density at radius 1 is 1.28 bits per heavy atom. The molecule has 0 amide bonds. The summed E-state index contributed by atoms with van der Waals surface area (Å²) in [7, 11) is 0. The molecule has 1 aromatic rings. The summed E-state index contributed by atoms with van der Waals surface area (Å²) in [5.41, 5.74) is 2.88. The maximum absolute atomic E-state index is 5.51. The molecule has 0 aliphatic carbocycles. The molecule has 1 atom stereocenters. The van der Waals surface area contributed by atoms with Crippen LogP contribution in [0.4, 0.5) is 0 Å². The SMILES string of the molecule is C#CCC(NCCC)c1ccccc1C(C)(C)C. The van der Waals surface area contributed by atoms with Gasteiger partial charge in [0.15, 0.2) is 0 Å². The minimum Gasteiger partial charge on any atom is -0.309 e. The highest BCUT2D eigenvalue weighted by Gasteiger charge is 2.21. The summed E-state index contributed by atoms with van der Waals surface area (Å²) in [5.74, 6) is 2.79. The lowest BCUT2D eigenvalue weighted by Crippen LogP contribution is -2.25. The first-order valence-electron chi connectivity index (χ1n) is 6.77. The normalized spacial score (nSPS) is 13.1. The zero-order valence-electron chi connectivity index (χ0n) is 12.1. The van der Waals surface area contributed by atoms with Crippen LogP contribution in [0.25, 0.3) is 0 Å². The first-order valence-corrected chi connectivity index (χ1v) is 6.77. The predicted octanol–water partition coefficient (Wildman–Crippen LogP) is 4.05. The van der Waals surface area contributed by atoms with Gasteiger partial charge < -0.3 is 5.32 Å². The van der Waals surface area contributed by atoms with Gasteiger partial charge in [-0.05, 0) is 29.5 Å². The molecule has 0 fully saturated rings. The predicted molar refractivity (Wildman–Crippen MR) is 79.6 cm³/mol. The molecule has 0 saturated heterocycles. The van der Waals surface area contributed by atoms with Crippen molar-refractivity contribution in [3.8, 4) is 12.3 Å². The molecule has 98 valence electrons. The molecule has 0 aliphatic heterocycles. The molecule has 0 spiro atoms. The van der Waals surface area contributed by atoms with Crippen LogP contribution in [0.1, 0.15) is 57.7 Å². The largest absolute Gasteiger partial charge is 0.309 e. The van der Waals surface area contributed by atoms with E-state index in [1.807, 2.05) is 0 Å². The number of terminal acetylenes is 1. The molecule has 0 bridgehead atoms. The minimum absolute atomic E-state index is 0.150. The quantitative estimate of drug-likeness (QED) is 0.769. The van der Waals surface area contributed by atoms with E-state index in [0.29, 0.717) is 0 Å². The van der Waals surface area contributed by atoms with Gasteiger partial charge in [0.1, 0.15) is 0 Å². The van der Waals surface area contributed by atoms with Crippen LogP contribution < -0.4 is 5.32 Å². The fraction of sp³-hybridized carbons (Fsp3) is 0.529. The summed E-state index contributed by atoms with van der Waals surface area (Å²) in [6.07, 6.45) is 7.37. The Bertz CT molecular complexity index is 406. The monoisotopic (exact) mass is 243 g/mol. The second-order valence-electron chi connectivity index (χ2n) is 5.75. The summed E-state index contributed by atoms with van der Waals surface area (Å²) in [4.78, 5) is 0. The number of hydrogen-bond donors (Lipinski definition) is 1. The van der Waals surface area contributed by atoms with Crippen molar-refractivity contribution in [1.82, 2.24) is 5.32 Å². The molecule has 0 aliphatic rings. The van der Waals surface area contributed by atoms with E-state index in [1.165, 1.54) is 11.1 Å². The third-order valence-corrected chi connectivity index (χ3v) is 3.11. The molecule has 1 aromatic carbocycles. The topological polar surface area (TPSA) is 12.0 Å². The van der Waals surface area contributed by atoms with Gasteiger partial charge in [-0.3, -0.25) is 0 Å². The van der Waals surface area contributed by atoms with Crippen LogP contribution in [0.2, 0.25) is 0 Å². The molecule has 0 saturated carbocycles. The van der Waals surface area contributed by atoms with Gasteiger partial charge in [-0.1, -0.05) is 52.0 Å². The van der Waals surface area contributed by atoms with Crippen LogP contribution in [-0.4, -0.2) is 6.54 Å². The van der Waals surface area contributed by atoms with Gasteiger partial charge in [-0.2, -0.15) is 0 Å². The lowest BCUT2D eigenvalue weighted by Gasteiger charge is -2.27. The van der Waals surface area contributed by atoms with Gasteiger partial charge >= 0.3 is 0 Å². The summed E-state index contributed by atoms with van der Waals surface area (Å²) in [6.45, 7) is 9.93. The van der Waals surface area contributed by atoms with Gasteiger partial charge in [-0.25, -0.2) is 0 Å². The highest BCUT2D eigenvalue weighted by molar-refractivity contribution is 5.35. The van der Waals surface area contributed by atoms with Crippen LogP contribution in [0.5, 0.6) is 0 Å². The molecule has 0 aromatic heterocycles. The van der Waals surface area contributed by atoms with Crippen molar-refractivity contribution >= 4 is 0 Å². The molecule has 1 unspecified atom stereocenters.